The van der Waals surface area contributed by atoms with Crippen LogP contribution in [0.4, 0.5) is 0 Å². The molecule has 2 aromatic rings. The van der Waals surface area contributed by atoms with Gasteiger partial charge in [-0.05, 0) is 29.0 Å². The maximum absolute atomic E-state index is 6.30. The van der Waals surface area contributed by atoms with Crippen LogP contribution in [0, 0.1) is 11.8 Å². The largest absolute Gasteiger partial charge is 0.298 e. The van der Waals surface area contributed by atoms with E-state index in [1.807, 2.05) is 12.1 Å². The van der Waals surface area contributed by atoms with Crippen LogP contribution in [0.15, 0.2) is 54.6 Å². The fourth-order valence-corrected chi connectivity index (χ4v) is 4.35. The van der Waals surface area contributed by atoms with Crippen LogP contribution in [0.1, 0.15) is 11.1 Å². The van der Waals surface area contributed by atoms with E-state index in [0.717, 1.165) is 29.9 Å². The van der Waals surface area contributed by atoms with Crippen molar-refractivity contribution in [2.24, 2.45) is 11.8 Å². The summed E-state index contributed by atoms with van der Waals surface area (Å²) in [5.74, 6) is 1.64. The monoisotopic (exact) mass is 326 g/mol. The van der Waals surface area contributed by atoms with Crippen LogP contribution in [-0.4, -0.2) is 36.0 Å². The standard InChI is InChI=1S/C20H23ClN2/c21-20-9-5-4-8-17(20)11-23-14-18-12-22(13-19(18)15-23)10-16-6-2-1-3-7-16/h1-9,18-19H,10-15H2. The van der Waals surface area contributed by atoms with Gasteiger partial charge in [-0.1, -0.05) is 60.1 Å². The lowest BCUT2D eigenvalue weighted by Crippen LogP contribution is -2.28. The third kappa shape index (κ3) is 3.45. The summed E-state index contributed by atoms with van der Waals surface area (Å²) in [5.41, 5.74) is 2.69. The molecule has 3 heteroatoms. The number of likely N-dealkylation sites (tertiary alicyclic amines) is 2. The molecule has 2 heterocycles. The van der Waals surface area contributed by atoms with E-state index in [1.54, 1.807) is 0 Å². The maximum Gasteiger partial charge on any atom is 0.0451 e. The van der Waals surface area contributed by atoms with Crippen LogP contribution >= 0.6 is 11.6 Å². The van der Waals surface area contributed by atoms with Crippen LogP contribution in [0.25, 0.3) is 0 Å². The molecule has 2 aliphatic heterocycles. The Balaban J connectivity index is 1.32. The van der Waals surface area contributed by atoms with Gasteiger partial charge in [0, 0.05) is 44.3 Å². The van der Waals surface area contributed by atoms with Crippen LogP contribution in [-0.2, 0) is 13.1 Å². The Morgan fingerprint density at radius 2 is 1.30 bits per heavy atom. The van der Waals surface area contributed by atoms with Gasteiger partial charge in [-0.3, -0.25) is 9.80 Å². The fourth-order valence-electron chi connectivity index (χ4n) is 4.15. The summed E-state index contributed by atoms with van der Waals surface area (Å²) in [5, 5.41) is 0.898. The van der Waals surface area contributed by atoms with Crippen molar-refractivity contribution >= 4 is 11.6 Å². The number of fused-ring (bicyclic) bond motifs is 1. The molecule has 2 saturated heterocycles. The molecule has 2 fully saturated rings. The van der Waals surface area contributed by atoms with Gasteiger partial charge < -0.3 is 0 Å². The molecule has 0 radical (unpaired) electrons. The van der Waals surface area contributed by atoms with E-state index in [9.17, 15) is 0 Å². The molecule has 0 saturated carbocycles. The third-order valence-corrected chi connectivity index (χ3v) is 5.61. The predicted molar refractivity (Wildman–Crippen MR) is 95.4 cm³/mol. The Kier molecular flexibility index (Phi) is 4.39. The van der Waals surface area contributed by atoms with E-state index < -0.39 is 0 Å². The van der Waals surface area contributed by atoms with E-state index in [0.29, 0.717) is 0 Å². The molecule has 0 bridgehead atoms. The topological polar surface area (TPSA) is 6.48 Å². The van der Waals surface area contributed by atoms with Crippen LogP contribution in [0.2, 0.25) is 5.02 Å². The molecule has 0 amide bonds. The zero-order chi connectivity index (χ0) is 15.6. The fraction of sp³-hybridized carbons (Fsp3) is 0.400. The summed E-state index contributed by atoms with van der Waals surface area (Å²) in [6, 6.07) is 19.1. The van der Waals surface area contributed by atoms with Gasteiger partial charge in [-0.2, -0.15) is 0 Å². The molecule has 0 spiro atoms. The van der Waals surface area contributed by atoms with E-state index in [2.05, 4.69) is 52.3 Å². The molecular weight excluding hydrogens is 304 g/mol. The van der Waals surface area contributed by atoms with E-state index in [4.69, 9.17) is 11.6 Å². The molecule has 0 aromatic heterocycles. The van der Waals surface area contributed by atoms with Gasteiger partial charge in [0.25, 0.3) is 0 Å². The Morgan fingerprint density at radius 3 is 1.96 bits per heavy atom. The number of hydrogen-bond acceptors (Lipinski definition) is 2. The first-order valence-electron chi connectivity index (χ1n) is 8.50. The lowest BCUT2D eigenvalue weighted by atomic mass is 10.0. The van der Waals surface area contributed by atoms with Gasteiger partial charge in [0.1, 0.15) is 0 Å². The second-order valence-corrected chi connectivity index (χ2v) is 7.39. The maximum atomic E-state index is 6.30. The number of hydrogen-bond donors (Lipinski definition) is 0. The average molecular weight is 327 g/mol. The van der Waals surface area contributed by atoms with E-state index in [-0.39, 0.29) is 0 Å². The van der Waals surface area contributed by atoms with Gasteiger partial charge in [0.15, 0.2) is 0 Å². The highest BCUT2D eigenvalue weighted by Crippen LogP contribution is 2.33. The first-order chi connectivity index (χ1) is 11.3. The molecule has 2 nitrogen and oxygen atoms in total. The van der Waals surface area contributed by atoms with Gasteiger partial charge >= 0.3 is 0 Å². The van der Waals surface area contributed by atoms with Gasteiger partial charge in [-0.15, -0.1) is 0 Å². The molecule has 4 rings (SSSR count). The summed E-state index contributed by atoms with van der Waals surface area (Å²) in [6.45, 7) is 6.98. The third-order valence-electron chi connectivity index (χ3n) is 5.24. The number of halogens is 1. The molecule has 0 aliphatic carbocycles. The van der Waals surface area contributed by atoms with Gasteiger partial charge in [0.2, 0.25) is 0 Å². The molecule has 2 unspecified atom stereocenters. The zero-order valence-electron chi connectivity index (χ0n) is 13.4. The van der Waals surface area contributed by atoms with Crippen LogP contribution in [0.3, 0.4) is 0 Å². The zero-order valence-corrected chi connectivity index (χ0v) is 14.1. The first kappa shape index (κ1) is 15.2. The molecule has 120 valence electrons. The van der Waals surface area contributed by atoms with E-state index >= 15 is 0 Å². The van der Waals surface area contributed by atoms with Crippen molar-refractivity contribution in [3.63, 3.8) is 0 Å². The Bertz CT molecular complexity index is 644. The SMILES string of the molecule is Clc1ccccc1CN1CC2CN(Cc3ccccc3)CC2C1. The van der Waals surface area contributed by atoms with Crippen molar-refractivity contribution < 1.29 is 0 Å². The average Bonchev–Trinajstić information content (AvgIpc) is 3.08. The van der Waals surface area contributed by atoms with Crippen molar-refractivity contribution in [3.05, 3.63) is 70.7 Å². The summed E-state index contributed by atoms with van der Waals surface area (Å²) in [7, 11) is 0. The van der Waals surface area contributed by atoms with Crippen LogP contribution < -0.4 is 0 Å². The van der Waals surface area contributed by atoms with Crippen molar-refractivity contribution in [3.8, 4) is 0 Å². The minimum absolute atomic E-state index is 0.821. The normalized spacial score (nSPS) is 24.9. The van der Waals surface area contributed by atoms with Crippen molar-refractivity contribution in [1.29, 1.82) is 0 Å². The predicted octanol–water partition coefficient (Wildman–Crippen LogP) is 3.90. The highest BCUT2D eigenvalue weighted by Gasteiger charge is 2.39. The number of rotatable bonds is 4. The van der Waals surface area contributed by atoms with Crippen molar-refractivity contribution in [1.82, 2.24) is 9.80 Å². The minimum Gasteiger partial charge on any atom is -0.298 e. The Hall–Kier alpha value is -1.35. The summed E-state index contributed by atoms with van der Waals surface area (Å²) >= 11 is 6.30. The van der Waals surface area contributed by atoms with Gasteiger partial charge in [0.05, 0.1) is 0 Å². The smallest absolute Gasteiger partial charge is 0.0451 e. The van der Waals surface area contributed by atoms with Crippen LogP contribution in [0.5, 0.6) is 0 Å². The highest BCUT2D eigenvalue weighted by molar-refractivity contribution is 6.31. The van der Waals surface area contributed by atoms with Crippen molar-refractivity contribution in [2.75, 3.05) is 26.2 Å². The first-order valence-corrected chi connectivity index (χ1v) is 8.88. The van der Waals surface area contributed by atoms with Crippen molar-refractivity contribution in [2.45, 2.75) is 13.1 Å². The summed E-state index contributed by atoms with van der Waals surface area (Å²) in [6.07, 6.45) is 0. The second-order valence-electron chi connectivity index (χ2n) is 6.99. The van der Waals surface area contributed by atoms with Gasteiger partial charge in [-0.25, -0.2) is 0 Å². The molecule has 2 aliphatic rings. The lowest BCUT2D eigenvalue weighted by Gasteiger charge is -2.21. The second kappa shape index (κ2) is 6.64. The number of benzene rings is 2. The molecular formula is C20H23ClN2. The van der Waals surface area contributed by atoms with E-state index in [1.165, 1.54) is 37.3 Å². The molecule has 2 aromatic carbocycles. The molecule has 23 heavy (non-hydrogen) atoms. The Labute approximate surface area is 143 Å². The summed E-state index contributed by atoms with van der Waals surface area (Å²) in [4.78, 5) is 5.20. The summed E-state index contributed by atoms with van der Waals surface area (Å²) < 4.78 is 0. The molecule has 2 atom stereocenters. The Morgan fingerprint density at radius 1 is 0.739 bits per heavy atom. The lowest BCUT2D eigenvalue weighted by molar-refractivity contribution is 0.246. The quantitative estimate of drug-likeness (QED) is 0.840. The molecule has 0 N–H and O–H groups in total. The highest BCUT2D eigenvalue weighted by atomic mass is 35.5. The number of nitrogens with zero attached hydrogens (tertiary/aromatic N) is 2. The minimum atomic E-state index is 0.821.